The quantitative estimate of drug-likeness (QED) is 0.736. The van der Waals surface area contributed by atoms with Crippen molar-refractivity contribution in [2.75, 3.05) is 13.1 Å². The summed E-state index contributed by atoms with van der Waals surface area (Å²) in [6.45, 7) is 11.4. The smallest absolute Gasteiger partial charge is 0.256 e. The molecule has 0 unspecified atom stereocenters. The van der Waals surface area contributed by atoms with Crippen LogP contribution in [-0.4, -0.2) is 42.3 Å². The molecule has 1 N–H and O–H groups in total. The molecule has 1 fully saturated rings. The first-order valence-electron chi connectivity index (χ1n) is 11.1. The third kappa shape index (κ3) is 4.70. The van der Waals surface area contributed by atoms with Crippen molar-refractivity contribution in [2.45, 2.75) is 64.9 Å². The Morgan fingerprint density at radius 1 is 1.19 bits per heavy atom. The van der Waals surface area contributed by atoms with Gasteiger partial charge in [0.2, 0.25) is 15.5 Å². The van der Waals surface area contributed by atoms with Gasteiger partial charge >= 0.3 is 0 Å². The summed E-state index contributed by atoms with van der Waals surface area (Å²) in [5.74, 6) is 0.134. The van der Waals surface area contributed by atoms with Gasteiger partial charge in [-0.2, -0.15) is 4.31 Å². The van der Waals surface area contributed by atoms with Crippen LogP contribution in [0.1, 0.15) is 57.8 Å². The molecule has 1 amide bonds. The zero-order valence-electron chi connectivity index (χ0n) is 19.0. The van der Waals surface area contributed by atoms with Gasteiger partial charge in [-0.3, -0.25) is 9.59 Å². The molecule has 1 aliphatic heterocycles. The number of pyridine rings is 1. The number of carbonyl (C=O) groups excluding carboxylic acids is 1. The maximum atomic E-state index is 13.3. The van der Waals surface area contributed by atoms with Crippen molar-refractivity contribution in [2.24, 2.45) is 11.8 Å². The molecular formula is C23H33N3O4S. The normalized spacial score (nSPS) is 21.2. The Hall–Kier alpha value is -2.19. The van der Waals surface area contributed by atoms with Gasteiger partial charge in [-0.25, -0.2) is 8.42 Å². The van der Waals surface area contributed by atoms with E-state index in [0.29, 0.717) is 25.2 Å². The van der Waals surface area contributed by atoms with E-state index in [1.807, 2.05) is 25.3 Å². The number of sulfonamides is 1. The molecule has 3 atom stereocenters. The summed E-state index contributed by atoms with van der Waals surface area (Å²) >= 11 is 0. The van der Waals surface area contributed by atoms with E-state index in [0.717, 1.165) is 12.8 Å². The lowest BCUT2D eigenvalue weighted by Crippen LogP contribution is -2.42. The molecule has 1 saturated heterocycles. The SMILES string of the molecule is CC[C@H](C)NC(=O)c1cn(CC)c2ccc(S(=O)(=O)N3C[C@@H](C)C[C@H](C)C3)cc2c1=O. The Labute approximate surface area is 184 Å². The molecule has 2 heterocycles. The van der Waals surface area contributed by atoms with Crippen molar-refractivity contribution in [3.05, 3.63) is 40.2 Å². The van der Waals surface area contributed by atoms with E-state index in [9.17, 15) is 18.0 Å². The predicted molar refractivity (Wildman–Crippen MR) is 123 cm³/mol. The highest BCUT2D eigenvalue weighted by Crippen LogP contribution is 2.28. The van der Waals surface area contributed by atoms with Crippen LogP contribution < -0.4 is 10.7 Å². The molecule has 1 aromatic carbocycles. The van der Waals surface area contributed by atoms with Gasteiger partial charge in [0.1, 0.15) is 5.56 Å². The minimum atomic E-state index is -3.73. The van der Waals surface area contributed by atoms with E-state index in [4.69, 9.17) is 0 Å². The Kier molecular flexibility index (Phi) is 6.91. The monoisotopic (exact) mass is 447 g/mol. The number of carbonyl (C=O) groups is 1. The lowest BCUT2D eigenvalue weighted by atomic mass is 9.94. The van der Waals surface area contributed by atoms with Crippen LogP contribution >= 0.6 is 0 Å². The number of fused-ring (bicyclic) bond motifs is 1. The van der Waals surface area contributed by atoms with Crippen molar-refractivity contribution >= 4 is 26.8 Å². The molecular weight excluding hydrogens is 414 g/mol. The third-order valence-corrected chi connectivity index (χ3v) is 7.93. The van der Waals surface area contributed by atoms with Crippen molar-refractivity contribution < 1.29 is 13.2 Å². The number of aromatic nitrogens is 1. The van der Waals surface area contributed by atoms with Crippen molar-refractivity contribution in [1.82, 2.24) is 14.2 Å². The van der Waals surface area contributed by atoms with Crippen LogP contribution in [0.4, 0.5) is 0 Å². The van der Waals surface area contributed by atoms with Crippen LogP contribution in [0.5, 0.6) is 0 Å². The van der Waals surface area contributed by atoms with E-state index in [-0.39, 0.29) is 33.7 Å². The number of benzene rings is 1. The molecule has 1 aliphatic rings. The van der Waals surface area contributed by atoms with Gasteiger partial charge in [0, 0.05) is 37.3 Å². The van der Waals surface area contributed by atoms with Crippen LogP contribution in [0.15, 0.2) is 34.1 Å². The van der Waals surface area contributed by atoms with Crippen LogP contribution in [0.3, 0.4) is 0 Å². The Morgan fingerprint density at radius 3 is 2.42 bits per heavy atom. The molecule has 0 spiro atoms. The molecule has 31 heavy (non-hydrogen) atoms. The summed E-state index contributed by atoms with van der Waals surface area (Å²) in [4.78, 5) is 26.0. The predicted octanol–water partition coefficient (Wildman–Crippen LogP) is 3.22. The lowest BCUT2D eigenvalue weighted by Gasteiger charge is -2.34. The molecule has 2 aromatic rings. The van der Waals surface area contributed by atoms with Crippen LogP contribution in [0.25, 0.3) is 10.9 Å². The highest BCUT2D eigenvalue weighted by atomic mass is 32.2. The summed E-state index contributed by atoms with van der Waals surface area (Å²) < 4.78 is 30.0. The summed E-state index contributed by atoms with van der Waals surface area (Å²) in [7, 11) is -3.73. The topological polar surface area (TPSA) is 88.5 Å². The second kappa shape index (κ2) is 9.12. The first-order valence-corrected chi connectivity index (χ1v) is 12.5. The highest BCUT2D eigenvalue weighted by Gasteiger charge is 2.32. The maximum absolute atomic E-state index is 13.3. The number of nitrogens with one attached hydrogen (secondary N) is 1. The van der Waals surface area contributed by atoms with E-state index >= 15 is 0 Å². The third-order valence-electron chi connectivity index (χ3n) is 6.10. The number of aryl methyl sites for hydroxylation is 1. The molecule has 8 heteroatoms. The average molecular weight is 448 g/mol. The fourth-order valence-corrected chi connectivity index (χ4v) is 6.02. The van der Waals surface area contributed by atoms with Gasteiger partial charge < -0.3 is 9.88 Å². The Morgan fingerprint density at radius 2 is 1.84 bits per heavy atom. The number of piperidine rings is 1. The largest absolute Gasteiger partial charge is 0.349 e. The van der Waals surface area contributed by atoms with Gasteiger partial charge in [0.25, 0.3) is 5.91 Å². The van der Waals surface area contributed by atoms with E-state index in [1.54, 1.807) is 18.3 Å². The Bertz CT molecular complexity index is 1130. The summed E-state index contributed by atoms with van der Waals surface area (Å²) in [6, 6.07) is 4.60. The molecule has 0 aliphatic carbocycles. The molecule has 1 aromatic heterocycles. The number of nitrogens with zero attached hydrogens (tertiary/aromatic N) is 2. The zero-order valence-corrected chi connectivity index (χ0v) is 19.8. The second-order valence-corrected chi connectivity index (χ2v) is 10.8. The minimum absolute atomic E-state index is 0.0319. The van der Waals surface area contributed by atoms with Crippen molar-refractivity contribution in [1.29, 1.82) is 0 Å². The minimum Gasteiger partial charge on any atom is -0.349 e. The van der Waals surface area contributed by atoms with Gasteiger partial charge in [-0.05, 0) is 56.7 Å². The van der Waals surface area contributed by atoms with Gasteiger partial charge in [0.05, 0.1) is 10.4 Å². The van der Waals surface area contributed by atoms with E-state index in [1.165, 1.54) is 10.4 Å². The molecule has 0 radical (unpaired) electrons. The zero-order chi connectivity index (χ0) is 22.9. The van der Waals surface area contributed by atoms with Gasteiger partial charge in [-0.15, -0.1) is 0 Å². The molecule has 0 bridgehead atoms. The van der Waals surface area contributed by atoms with E-state index < -0.39 is 21.4 Å². The molecule has 3 rings (SSSR count). The van der Waals surface area contributed by atoms with E-state index in [2.05, 4.69) is 19.2 Å². The maximum Gasteiger partial charge on any atom is 0.256 e. The fraction of sp³-hybridized carbons (Fsp3) is 0.565. The first kappa shape index (κ1) is 23.5. The Balaban J connectivity index is 2.11. The molecule has 0 saturated carbocycles. The molecule has 7 nitrogen and oxygen atoms in total. The summed E-state index contributed by atoms with van der Waals surface area (Å²) in [5.41, 5.74) is 0.203. The average Bonchev–Trinajstić information content (AvgIpc) is 2.72. The molecule has 170 valence electrons. The number of amides is 1. The summed E-state index contributed by atoms with van der Waals surface area (Å²) in [6.07, 6.45) is 3.31. The number of hydrogen-bond donors (Lipinski definition) is 1. The highest BCUT2D eigenvalue weighted by molar-refractivity contribution is 7.89. The summed E-state index contributed by atoms with van der Waals surface area (Å²) in [5, 5.41) is 3.08. The van der Waals surface area contributed by atoms with Crippen LogP contribution in [0, 0.1) is 11.8 Å². The lowest BCUT2D eigenvalue weighted by molar-refractivity contribution is 0.0937. The first-order chi connectivity index (χ1) is 14.6. The van der Waals surface area contributed by atoms with Crippen LogP contribution in [0.2, 0.25) is 0 Å². The van der Waals surface area contributed by atoms with Crippen molar-refractivity contribution in [3.8, 4) is 0 Å². The van der Waals surface area contributed by atoms with Gasteiger partial charge in [0.15, 0.2) is 0 Å². The fourth-order valence-electron chi connectivity index (χ4n) is 4.32. The standard InChI is InChI=1S/C23H33N3O4S/c1-6-17(5)24-23(28)20-14-25(7-2)21-9-8-18(11-19(21)22(20)27)31(29,30)26-12-15(3)10-16(4)13-26/h8-9,11,14-17H,6-7,10,12-13H2,1-5H3,(H,24,28)/t15-,16-,17-/m0/s1. The van der Waals surface area contributed by atoms with Gasteiger partial charge in [-0.1, -0.05) is 20.8 Å². The number of rotatable bonds is 6. The number of hydrogen-bond acceptors (Lipinski definition) is 4. The van der Waals surface area contributed by atoms with Crippen LogP contribution in [-0.2, 0) is 16.6 Å². The van der Waals surface area contributed by atoms with Crippen molar-refractivity contribution in [3.63, 3.8) is 0 Å². The second-order valence-electron chi connectivity index (χ2n) is 8.89.